The van der Waals surface area contributed by atoms with Gasteiger partial charge in [-0.25, -0.2) is 0 Å². The molecule has 0 atom stereocenters. The van der Waals surface area contributed by atoms with Gasteiger partial charge in [-0.15, -0.1) is 0 Å². The lowest BCUT2D eigenvalue weighted by Gasteiger charge is -2.08. The fourth-order valence-electron chi connectivity index (χ4n) is 2.85. The van der Waals surface area contributed by atoms with Gasteiger partial charge in [0.25, 0.3) is 0 Å². The van der Waals surface area contributed by atoms with Gasteiger partial charge in [0.2, 0.25) is 0 Å². The number of aryl methyl sites for hydroxylation is 1. The predicted octanol–water partition coefficient (Wildman–Crippen LogP) is 4.53. The fourth-order valence-corrected chi connectivity index (χ4v) is 2.85. The Balaban J connectivity index is 1.84. The highest BCUT2D eigenvalue weighted by atomic mass is 16.5. The Hall–Kier alpha value is -2.29. The predicted molar refractivity (Wildman–Crippen MR) is 89.9 cm³/mol. The molecular formula is C19H21NO2. The summed E-state index contributed by atoms with van der Waals surface area (Å²) >= 11 is 0. The molecular weight excluding hydrogens is 274 g/mol. The van der Waals surface area contributed by atoms with Gasteiger partial charge in [-0.2, -0.15) is 0 Å². The summed E-state index contributed by atoms with van der Waals surface area (Å²) in [6.07, 6.45) is 2.38. The summed E-state index contributed by atoms with van der Waals surface area (Å²) in [4.78, 5) is 11.8. The molecule has 3 heteroatoms. The molecule has 0 saturated carbocycles. The molecule has 0 fully saturated rings. The number of fused-ring (bicyclic) bond motifs is 3. The van der Waals surface area contributed by atoms with E-state index in [4.69, 9.17) is 4.74 Å². The zero-order valence-electron chi connectivity index (χ0n) is 12.9. The Morgan fingerprint density at radius 2 is 1.59 bits per heavy atom. The van der Waals surface area contributed by atoms with Crippen molar-refractivity contribution >= 4 is 27.8 Å². The number of benzene rings is 2. The van der Waals surface area contributed by atoms with Crippen LogP contribution in [-0.2, 0) is 16.1 Å². The third-order valence-corrected chi connectivity index (χ3v) is 3.98. The van der Waals surface area contributed by atoms with E-state index in [9.17, 15) is 4.79 Å². The minimum atomic E-state index is -0.115. The third kappa shape index (κ3) is 2.84. The zero-order chi connectivity index (χ0) is 15.4. The van der Waals surface area contributed by atoms with E-state index in [1.54, 1.807) is 0 Å². The number of hydrogen-bond acceptors (Lipinski definition) is 2. The second-order valence-electron chi connectivity index (χ2n) is 5.51. The minimum Gasteiger partial charge on any atom is -0.466 e. The fraction of sp³-hybridized carbons (Fsp3) is 0.316. The molecule has 0 amide bonds. The summed E-state index contributed by atoms with van der Waals surface area (Å²) in [7, 11) is 0. The van der Waals surface area contributed by atoms with E-state index in [0.717, 1.165) is 12.8 Å². The van der Waals surface area contributed by atoms with Crippen LogP contribution >= 0.6 is 0 Å². The second-order valence-corrected chi connectivity index (χ2v) is 5.51. The molecule has 0 saturated heterocycles. The molecule has 2 aromatic carbocycles. The highest BCUT2D eigenvalue weighted by Crippen LogP contribution is 2.28. The maximum atomic E-state index is 11.8. The molecule has 0 aliphatic heterocycles. The summed E-state index contributed by atoms with van der Waals surface area (Å²) in [5, 5.41) is 2.47. The number of para-hydroxylation sites is 2. The van der Waals surface area contributed by atoms with Gasteiger partial charge >= 0.3 is 5.97 Å². The number of carbonyl (C=O) groups excluding carboxylic acids is 1. The van der Waals surface area contributed by atoms with Gasteiger partial charge in [0, 0.05) is 28.4 Å². The average Bonchev–Trinajstić information content (AvgIpc) is 2.87. The Morgan fingerprint density at radius 3 is 2.18 bits per heavy atom. The smallest absolute Gasteiger partial charge is 0.307 e. The van der Waals surface area contributed by atoms with Gasteiger partial charge in [0.15, 0.2) is 0 Å². The Kier molecular flexibility index (Phi) is 4.42. The molecule has 0 aliphatic carbocycles. The van der Waals surface area contributed by atoms with E-state index < -0.39 is 0 Å². The number of unbranched alkanes of at least 4 members (excludes halogenated alkanes) is 1. The summed E-state index contributed by atoms with van der Waals surface area (Å²) in [5.74, 6) is -0.115. The highest BCUT2D eigenvalue weighted by molar-refractivity contribution is 6.07. The molecule has 3 nitrogen and oxygen atoms in total. The molecule has 0 unspecified atom stereocenters. The van der Waals surface area contributed by atoms with E-state index in [1.807, 2.05) is 12.1 Å². The van der Waals surface area contributed by atoms with Crippen molar-refractivity contribution in [3.8, 4) is 0 Å². The third-order valence-electron chi connectivity index (χ3n) is 3.98. The van der Waals surface area contributed by atoms with Gasteiger partial charge < -0.3 is 9.30 Å². The monoisotopic (exact) mass is 295 g/mol. The van der Waals surface area contributed by atoms with Gasteiger partial charge in [0.1, 0.15) is 0 Å². The van der Waals surface area contributed by atoms with Crippen LogP contribution in [-0.4, -0.2) is 17.1 Å². The Labute approximate surface area is 130 Å². The zero-order valence-corrected chi connectivity index (χ0v) is 12.9. The molecule has 22 heavy (non-hydrogen) atoms. The normalized spacial score (nSPS) is 11.1. The molecule has 114 valence electrons. The van der Waals surface area contributed by atoms with Gasteiger partial charge in [-0.05, 0) is 18.6 Å². The molecule has 3 rings (SSSR count). The first-order chi connectivity index (χ1) is 10.8. The lowest BCUT2D eigenvalue weighted by molar-refractivity contribution is -0.143. The number of hydrogen-bond donors (Lipinski definition) is 0. The molecule has 0 radical (unpaired) electrons. The van der Waals surface area contributed by atoms with E-state index >= 15 is 0 Å². The maximum Gasteiger partial charge on any atom is 0.307 e. The summed E-state index contributed by atoms with van der Waals surface area (Å²) in [5.41, 5.74) is 2.34. The van der Waals surface area contributed by atoms with Gasteiger partial charge in [-0.1, -0.05) is 49.7 Å². The van der Waals surface area contributed by atoms with Crippen molar-refractivity contribution in [3.05, 3.63) is 48.5 Å². The first kappa shape index (κ1) is 14.6. The molecule has 3 aromatic rings. The average molecular weight is 295 g/mol. The van der Waals surface area contributed by atoms with Crippen LogP contribution in [0, 0.1) is 0 Å². The molecule has 1 aromatic heterocycles. The van der Waals surface area contributed by atoms with Crippen molar-refractivity contribution in [1.82, 2.24) is 4.57 Å². The van der Waals surface area contributed by atoms with E-state index in [1.165, 1.54) is 21.8 Å². The number of ether oxygens (including phenoxy) is 1. The van der Waals surface area contributed by atoms with Crippen molar-refractivity contribution < 1.29 is 9.53 Å². The minimum absolute atomic E-state index is 0.115. The SMILES string of the molecule is CCCCOC(=O)CCn1c2ccccc2c2ccccc21. The van der Waals surface area contributed by atoms with Crippen LogP contribution in [0.3, 0.4) is 0 Å². The van der Waals surface area contributed by atoms with E-state index in [-0.39, 0.29) is 5.97 Å². The topological polar surface area (TPSA) is 31.2 Å². The molecule has 1 heterocycles. The summed E-state index contributed by atoms with van der Waals surface area (Å²) in [6.45, 7) is 3.27. The molecule has 0 N–H and O–H groups in total. The van der Waals surface area contributed by atoms with E-state index in [2.05, 4.69) is 47.9 Å². The lowest BCUT2D eigenvalue weighted by atomic mass is 10.2. The second kappa shape index (κ2) is 6.65. The van der Waals surface area contributed by atoms with Crippen molar-refractivity contribution in [3.63, 3.8) is 0 Å². The Morgan fingerprint density at radius 1 is 1.00 bits per heavy atom. The molecule has 0 aliphatic rings. The van der Waals surface area contributed by atoms with Crippen LogP contribution in [0.2, 0.25) is 0 Å². The van der Waals surface area contributed by atoms with E-state index in [0.29, 0.717) is 19.6 Å². The van der Waals surface area contributed by atoms with Crippen molar-refractivity contribution in [2.75, 3.05) is 6.61 Å². The van der Waals surface area contributed by atoms with Gasteiger partial charge in [-0.3, -0.25) is 4.79 Å². The number of esters is 1. The quantitative estimate of drug-likeness (QED) is 0.494. The number of rotatable bonds is 6. The molecule has 0 bridgehead atoms. The summed E-state index contributed by atoms with van der Waals surface area (Å²) < 4.78 is 7.47. The summed E-state index contributed by atoms with van der Waals surface area (Å²) in [6, 6.07) is 16.7. The maximum absolute atomic E-state index is 11.8. The van der Waals surface area contributed by atoms with Crippen LogP contribution < -0.4 is 0 Å². The first-order valence-corrected chi connectivity index (χ1v) is 7.93. The van der Waals surface area contributed by atoms with Crippen molar-refractivity contribution in [1.29, 1.82) is 0 Å². The van der Waals surface area contributed by atoms with Crippen molar-refractivity contribution in [2.45, 2.75) is 32.7 Å². The standard InChI is InChI=1S/C19H21NO2/c1-2-3-14-22-19(21)12-13-20-17-10-6-4-8-15(17)16-9-5-7-11-18(16)20/h4-11H,2-3,12-14H2,1H3. The first-order valence-electron chi connectivity index (χ1n) is 7.93. The largest absolute Gasteiger partial charge is 0.466 e. The number of aromatic nitrogens is 1. The lowest BCUT2D eigenvalue weighted by Crippen LogP contribution is -2.09. The van der Waals surface area contributed by atoms with Crippen LogP contribution in [0.25, 0.3) is 21.8 Å². The van der Waals surface area contributed by atoms with Crippen LogP contribution in [0.4, 0.5) is 0 Å². The highest BCUT2D eigenvalue weighted by Gasteiger charge is 2.11. The van der Waals surface area contributed by atoms with Gasteiger partial charge in [0.05, 0.1) is 13.0 Å². The number of carbonyl (C=O) groups is 1. The number of nitrogens with zero attached hydrogens (tertiary/aromatic N) is 1. The Bertz CT molecular complexity index is 735. The van der Waals surface area contributed by atoms with Crippen molar-refractivity contribution in [2.24, 2.45) is 0 Å². The van der Waals surface area contributed by atoms with Crippen LogP contribution in [0.1, 0.15) is 26.2 Å². The molecule has 0 spiro atoms. The van der Waals surface area contributed by atoms with Crippen LogP contribution in [0.5, 0.6) is 0 Å². The van der Waals surface area contributed by atoms with Crippen LogP contribution in [0.15, 0.2) is 48.5 Å².